The Morgan fingerprint density at radius 2 is 2.00 bits per heavy atom. The maximum atomic E-state index is 10.6. The summed E-state index contributed by atoms with van der Waals surface area (Å²) in [7, 11) is 1.61. The summed E-state index contributed by atoms with van der Waals surface area (Å²) >= 11 is 0. The molecular formula is C15H22O3. The van der Waals surface area contributed by atoms with E-state index in [-0.39, 0.29) is 11.8 Å². The molecule has 100 valence electrons. The molecule has 0 saturated carbocycles. The van der Waals surface area contributed by atoms with Gasteiger partial charge in [0.05, 0.1) is 7.11 Å². The Bertz CT molecular complexity index is 416. The lowest BCUT2D eigenvalue weighted by atomic mass is 9.87. The van der Waals surface area contributed by atoms with Crippen LogP contribution in [-0.2, 0) is 17.6 Å². The van der Waals surface area contributed by atoms with E-state index < -0.39 is 5.97 Å². The molecule has 0 aliphatic carbocycles. The van der Waals surface area contributed by atoms with Crippen molar-refractivity contribution in [2.75, 3.05) is 7.11 Å². The van der Waals surface area contributed by atoms with Crippen molar-refractivity contribution in [2.24, 2.45) is 5.41 Å². The average molecular weight is 250 g/mol. The van der Waals surface area contributed by atoms with Crippen molar-refractivity contribution in [1.82, 2.24) is 0 Å². The molecule has 0 fully saturated rings. The Balaban J connectivity index is 2.90. The van der Waals surface area contributed by atoms with Crippen LogP contribution in [0.25, 0.3) is 0 Å². The van der Waals surface area contributed by atoms with Gasteiger partial charge in [-0.1, -0.05) is 32.9 Å². The largest absolute Gasteiger partial charge is 0.496 e. The number of rotatable bonds is 5. The van der Waals surface area contributed by atoms with E-state index in [2.05, 4.69) is 26.8 Å². The van der Waals surface area contributed by atoms with Crippen molar-refractivity contribution in [3.05, 3.63) is 29.3 Å². The molecule has 0 amide bonds. The molecule has 18 heavy (non-hydrogen) atoms. The highest BCUT2D eigenvalue weighted by molar-refractivity contribution is 5.67. The first-order valence-corrected chi connectivity index (χ1v) is 6.19. The lowest BCUT2D eigenvalue weighted by Crippen LogP contribution is -2.09. The number of carboxylic acid groups (broad SMARTS) is 1. The van der Waals surface area contributed by atoms with Gasteiger partial charge in [0.2, 0.25) is 0 Å². The number of carboxylic acids is 1. The summed E-state index contributed by atoms with van der Waals surface area (Å²) in [5, 5.41) is 8.75. The standard InChI is InChI=1S/C15H22O3/c1-15(2,3)10-11-5-7-13(18-4)12(9-11)6-8-14(16)17/h5,7,9H,6,8,10H2,1-4H3,(H,16,17). The minimum absolute atomic E-state index is 0.134. The van der Waals surface area contributed by atoms with Crippen LogP contribution in [0, 0.1) is 5.41 Å². The number of aryl methyl sites for hydroxylation is 1. The zero-order valence-corrected chi connectivity index (χ0v) is 11.6. The van der Waals surface area contributed by atoms with Crippen LogP contribution in [0.1, 0.15) is 38.3 Å². The molecule has 0 heterocycles. The summed E-state index contributed by atoms with van der Waals surface area (Å²) in [4.78, 5) is 10.6. The van der Waals surface area contributed by atoms with E-state index in [9.17, 15) is 4.79 Å². The maximum Gasteiger partial charge on any atom is 0.303 e. The van der Waals surface area contributed by atoms with E-state index in [0.717, 1.165) is 17.7 Å². The fourth-order valence-electron chi connectivity index (χ4n) is 1.99. The third kappa shape index (κ3) is 4.78. The Morgan fingerprint density at radius 1 is 1.33 bits per heavy atom. The molecule has 1 aromatic carbocycles. The van der Waals surface area contributed by atoms with Crippen LogP contribution >= 0.6 is 0 Å². The van der Waals surface area contributed by atoms with Gasteiger partial charge in [-0.25, -0.2) is 0 Å². The molecule has 0 saturated heterocycles. The Morgan fingerprint density at radius 3 is 2.50 bits per heavy atom. The quantitative estimate of drug-likeness (QED) is 0.872. The number of hydrogen-bond acceptors (Lipinski definition) is 2. The van der Waals surface area contributed by atoms with Crippen molar-refractivity contribution in [3.8, 4) is 5.75 Å². The zero-order valence-electron chi connectivity index (χ0n) is 11.6. The van der Waals surface area contributed by atoms with Gasteiger partial charge in [0, 0.05) is 6.42 Å². The lowest BCUT2D eigenvalue weighted by Gasteiger charge is -2.19. The Kier molecular flexibility index (Phi) is 4.76. The monoisotopic (exact) mass is 250 g/mol. The summed E-state index contributed by atoms with van der Waals surface area (Å²) in [5.74, 6) is -0.00723. The van der Waals surface area contributed by atoms with Crippen molar-refractivity contribution in [1.29, 1.82) is 0 Å². The summed E-state index contributed by atoms with van der Waals surface area (Å²) < 4.78 is 5.27. The van der Waals surface area contributed by atoms with Gasteiger partial charge in [-0.3, -0.25) is 4.79 Å². The third-order valence-corrected chi connectivity index (χ3v) is 2.69. The predicted molar refractivity (Wildman–Crippen MR) is 72.1 cm³/mol. The normalized spacial score (nSPS) is 11.3. The molecule has 0 aromatic heterocycles. The minimum Gasteiger partial charge on any atom is -0.496 e. The number of benzene rings is 1. The van der Waals surface area contributed by atoms with Crippen molar-refractivity contribution in [3.63, 3.8) is 0 Å². The van der Waals surface area contributed by atoms with Gasteiger partial charge in [0.25, 0.3) is 0 Å². The first-order valence-electron chi connectivity index (χ1n) is 6.19. The molecule has 3 heteroatoms. The molecule has 0 atom stereocenters. The molecule has 0 bridgehead atoms. The van der Waals surface area contributed by atoms with Crippen LogP contribution in [0.5, 0.6) is 5.75 Å². The Hall–Kier alpha value is -1.51. The van der Waals surface area contributed by atoms with E-state index in [1.165, 1.54) is 5.56 Å². The first kappa shape index (κ1) is 14.6. The second-order valence-corrected chi connectivity index (χ2v) is 5.78. The molecule has 0 radical (unpaired) electrons. The summed E-state index contributed by atoms with van der Waals surface area (Å²) in [6.45, 7) is 6.57. The van der Waals surface area contributed by atoms with Crippen LogP contribution in [0.4, 0.5) is 0 Å². The first-order chi connectivity index (χ1) is 8.31. The number of ether oxygens (including phenoxy) is 1. The maximum absolute atomic E-state index is 10.6. The number of hydrogen-bond donors (Lipinski definition) is 1. The molecule has 3 nitrogen and oxygen atoms in total. The second kappa shape index (κ2) is 5.89. The summed E-state index contributed by atoms with van der Waals surface area (Å²) in [5.41, 5.74) is 2.42. The summed E-state index contributed by atoms with van der Waals surface area (Å²) in [6.07, 6.45) is 1.61. The number of aliphatic carboxylic acids is 1. The molecular weight excluding hydrogens is 228 g/mol. The van der Waals surface area contributed by atoms with E-state index in [4.69, 9.17) is 9.84 Å². The molecule has 1 N–H and O–H groups in total. The van der Waals surface area contributed by atoms with Crippen LogP contribution in [-0.4, -0.2) is 18.2 Å². The zero-order chi connectivity index (χ0) is 13.8. The topological polar surface area (TPSA) is 46.5 Å². The van der Waals surface area contributed by atoms with Gasteiger partial charge in [0.15, 0.2) is 0 Å². The smallest absolute Gasteiger partial charge is 0.303 e. The molecule has 0 spiro atoms. The molecule has 0 aliphatic heterocycles. The van der Waals surface area contributed by atoms with Gasteiger partial charge in [-0.2, -0.15) is 0 Å². The SMILES string of the molecule is COc1ccc(CC(C)(C)C)cc1CCC(=O)O. The number of carbonyl (C=O) groups is 1. The average Bonchev–Trinajstić information content (AvgIpc) is 2.24. The van der Waals surface area contributed by atoms with E-state index in [1.807, 2.05) is 12.1 Å². The van der Waals surface area contributed by atoms with Crippen LogP contribution in [0.15, 0.2) is 18.2 Å². The molecule has 1 rings (SSSR count). The van der Waals surface area contributed by atoms with Crippen molar-refractivity contribution in [2.45, 2.75) is 40.0 Å². The highest BCUT2D eigenvalue weighted by atomic mass is 16.5. The number of methoxy groups -OCH3 is 1. The van der Waals surface area contributed by atoms with E-state index >= 15 is 0 Å². The fraction of sp³-hybridized carbons (Fsp3) is 0.533. The van der Waals surface area contributed by atoms with Crippen molar-refractivity contribution < 1.29 is 14.6 Å². The summed E-state index contributed by atoms with van der Waals surface area (Å²) in [6, 6.07) is 6.04. The highest BCUT2D eigenvalue weighted by Gasteiger charge is 2.13. The van der Waals surface area contributed by atoms with E-state index in [1.54, 1.807) is 7.11 Å². The van der Waals surface area contributed by atoms with Gasteiger partial charge in [-0.15, -0.1) is 0 Å². The van der Waals surface area contributed by atoms with Gasteiger partial charge in [-0.05, 0) is 35.4 Å². The highest BCUT2D eigenvalue weighted by Crippen LogP contribution is 2.26. The van der Waals surface area contributed by atoms with E-state index in [0.29, 0.717) is 6.42 Å². The van der Waals surface area contributed by atoms with Gasteiger partial charge in [0.1, 0.15) is 5.75 Å². The lowest BCUT2D eigenvalue weighted by molar-refractivity contribution is -0.136. The third-order valence-electron chi connectivity index (χ3n) is 2.69. The minimum atomic E-state index is -0.779. The molecule has 0 unspecified atom stereocenters. The predicted octanol–water partition coefficient (Wildman–Crippen LogP) is 3.30. The van der Waals surface area contributed by atoms with Crippen molar-refractivity contribution >= 4 is 5.97 Å². The Labute approximate surface area is 109 Å². The van der Waals surface area contributed by atoms with Crippen LogP contribution < -0.4 is 4.74 Å². The molecule has 0 aliphatic rings. The van der Waals surface area contributed by atoms with Gasteiger partial charge < -0.3 is 9.84 Å². The van der Waals surface area contributed by atoms with Gasteiger partial charge >= 0.3 is 5.97 Å². The molecule has 1 aromatic rings. The van der Waals surface area contributed by atoms with Crippen LogP contribution in [0.3, 0.4) is 0 Å². The second-order valence-electron chi connectivity index (χ2n) is 5.78. The fourth-order valence-corrected chi connectivity index (χ4v) is 1.99. The van der Waals surface area contributed by atoms with Crippen LogP contribution in [0.2, 0.25) is 0 Å².